The maximum atomic E-state index is 14.6. The van der Waals surface area contributed by atoms with Gasteiger partial charge in [0.15, 0.2) is 0 Å². The SMILES string of the molecule is Cc1ccc(S[C@@]2(C(=O)NCCCN3CCOCC3)CC(=O)N(Cc3ccc(Cl)c(F)c3)[C@H]2c2c[nH]c3cc(C)ccc23)cc1. The number of benzene rings is 3. The Bertz CT molecular complexity index is 1690. The van der Waals surface area contributed by atoms with Gasteiger partial charge in [-0.15, -0.1) is 11.8 Å². The van der Waals surface area contributed by atoms with Crippen molar-refractivity contribution in [1.29, 1.82) is 0 Å². The number of aromatic nitrogens is 1. The number of fused-ring (bicyclic) bond motifs is 1. The summed E-state index contributed by atoms with van der Waals surface area (Å²) < 4.78 is 18.8. The normalized spacial score (nSPS) is 20.7. The molecule has 2 saturated heterocycles. The van der Waals surface area contributed by atoms with E-state index in [0.29, 0.717) is 12.1 Å². The molecule has 2 aliphatic heterocycles. The molecule has 7 nitrogen and oxygen atoms in total. The molecular formula is C35H38ClFN4O3S. The lowest BCUT2D eigenvalue weighted by Gasteiger charge is -2.36. The molecule has 2 fully saturated rings. The number of H-pyrrole nitrogens is 1. The average molecular weight is 649 g/mol. The molecule has 4 aromatic rings. The van der Waals surface area contributed by atoms with E-state index in [-0.39, 0.29) is 29.8 Å². The van der Waals surface area contributed by atoms with Gasteiger partial charge in [0.1, 0.15) is 10.6 Å². The highest BCUT2D eigenvalue weighted by molar-refractivity contribution is 8.01. The molecule has 0 spiro atoms. The standard InChI is InChI=1S/C35H38ClFN4O3S/c1-23-4-8-26(9-5-23)45-35(34(43)38-12-3-13-40-14-16-44-17-15-40)20-32(42)41(22-25-7-11-29(36)30(37)19-25)33(35)28-21-39-31-18-24(2)6-10-27(28)31/h4-11,18-19,21,33,39H,3,12-17,20,22H2,1-2H3,(H,38,43)/t33-,35-/m0/s1. The zero-order chi connectivity index (χ0) is 31.6. The number of thioether (sulfide) groups is 1. The van der Waals surface area contributed by atoms with Crippen molar-refractivity contribution >= 4 is 46.1 Å². The number of aromatic amines is 1. The summed E-state index contributed by atoms with van der Waals surface area (Å²) in [5.41, 5.74) is 4.60. The molecular weight excluding hydrogens is 611 g/mol. The molecule has 6 rings (SSSR count). The molecule has 0 unspecified atom stereocenters. The fourth-order valence-corrected chi connectivity index (χ4v) is 7.92. The van der Waals surface area contributed by atoms with E-state index in [2.05, 4.69) is 21.3 Å². The minimum absolute atomic E-state index is 0.000113. The first kappa shape index (κ1) is 31.6. The first-order valence-electron chi connectivity index (χ1n) is 15.4. The van der Waals surface area contributed by atoms with Crippen molar-refractivity contribution in [1.82, 2.24) is 20.1 Å². The minimum atomic E-state index is -1.18. The van der Waals surface area contributed by atoms with E-state index < -0.39 is 16.6 Å². The Morgan fingerprint density at radius 1 is 1.09 bits per heavy atom. The Morgan fingerprint density at radius 3 is 2.60 bits per heavy atom. The number of halogens is 2. The first-order valence-corrected chi connectivity index (χ1v) is 16.6. The van der Waals surface area contributed by atoms with Crippen molar-refractivity contribution in [2.24, 2.45) is 0 Å². The third-order valence-electron chi connectivity index (χ3n) is 8.73. The summed E-state index contributed by atoms with van der Waals surface area (Å²) in [5.74, 6) is -0.891. The highest BCUT2D eigenvalue weighted by atomic mass is 35.5. The summed E-state index contributed by atoms with van der Waals surface area (Å²) in [6.45, 7) is 8.76. The summed E-state index contributed by atoms with van der Waals surface area (Å²) in [6, 6.07) is 18.2. The Labute approximate surface area is 272 Å². The number of rotatable bonds is 10. The predicted octanol–water partition coefficient (Wildman–Crippen LogP) is 6.42. The average Bonchev–Trinajstić information content (AvgIpc) is 3.56. The number of likely N-dealkylation sites (tertiary alicyclic amines) is 1. The maximum Gasteiger partial charge on any atom is 0.239 e. The highest BCUT2D eigenvalue weighted by Crippen LogP contribution is 2.54. The summed E-state index contributed by atoms with van der Waals surface area (Å²) in [5, 5.41) is 4.19. The van der Waals surface area contributed by atoms with Crippen LogP contribution in [-0.4, -0.2) is 70.7 Å². The van der Waals surface area contributed by atoms with Crippen LogP contribution in [0.4, 0.5) is 4.39 Å². The van der Waals surface area contributed by atoms with Gasteiger partial charge in [0.25, 0.3) is 0 Å². The van der Waals surface area contributed by atoms with E-state index in [4.69, 9.17) is 16.3 Å². The van der Waals surface area contributed by atoms with Gasteiger partial charge in [0.05, 0.1) is 30.7 Å². The summed E-state index contributed by atoms with van der Waals surface area (Å²) in [7, 11) is 0. The lowest BCUT2D eigenvalue weighted by atomic mass is 9.90. The zero-order valence-electron chi connectivity index (χ0n) is 25.6. The van der Waals surface area contributed by atoms with Crippen molar-refractivity contribution in [2.45, 2.75) is 48.9 Å². The summed E-state index contributed by atoms with van der Waals surface area (Å²) >= 11 is 7.42. The molecule has 10 heteroatoms. The van der Waals surface area contributed by atoms with Gasteiger partial charge >= 0.3 is 0 Å². The molecule has 0 aliphatic carbocycles. The number of hydrogen-bond acceptors (Lipinski definition) is 5. The molecule has 2 N–H and O–H groups in total. The summed E-state index contributed by atoms with van der Waals surface area (Å²) in [4.78, 5) is 37.1. The van der Waals surface area contributed by atoms with Crippen LogP contribution in [0.1, 0.15) is 41.1 Å². The number of carbonyl (C=O) groups excluding carboxylic acids is 2. The van der Waals surface area contributed by atoms with Gasteiger partial charge in [-0.1, -0.05) is 47.5 Å². The lowest BCUT2D eigenvalue weighted by Crippen LogP contribution is -2.48. The molecule has 3 aromatic carbocycles. The number of morpholine rings is 1. The zero-order valence-corrected chi connectivity index (χ0v) is 27.1. The fraction of sp³-hybridized carbons (Fsp3) is 0.371. The molecule has 0 radical (unpaired) electrons. The van der Waals surface area contributed by atoms with E-state index in [9.17, 15) is 14.0 Å². The third kappa shape index (κ3) is 6.77. The summed E-state index contributed by atoms with van der Waals surface area (Å²) in [6.07, 6.45) is 2.70. The second kappa shape index (κ2) is 13.5. The molecule has 0 bridgehead atoms. The molecule has 2 amide bonds. The van der Waals surface area contributed by atoms with Crippen LogP contribution in [0.25, 0.3) is 10.9 Å². The van der Waals surface area contributed by atoms with Crippen LogP contribution in [-0.2, 0) is 20.9 Å². The van der Waals surface area contributed by atoms with E-state index in [1.807, 2.05) is 56.4 Å². The van der Waals surface area contributed by atoms with Crippen LogP contribution in [0, 0.1) is 19.7 Å². The van der Waals surface area contributed by atoms with Gasteiger partial charge in [-0.3, -0.25) is 14.5 Å². The number of aryl methyl sites for hydroxylation is 2. The second-order valence-corrected chi connectivity index (χ2v) is 13.8. The van der Waals surface area contributed by atoms with Crippen LogP contribution in [0.15, 0.2) is 71.8 Å². The monoisotopic (exact) mass is 648 g/mol. The van der Waals surface area contributed by atoms with Crippen LogP contribution >= 0.6 is 23.4 Å². The van der Waals surface area contributed by atoms with Crippen molar-refractivity contribution in [3.63, 3.8) is 0 Å². The number of ether oxygens (including phenoxy) is 1. The van der Waals surface area contributed by atoms with E-state index in [0.717, 1.165) is 71.8 Å². The van der Waals surface area contributed by atoms with Crippen LogP contribution in [0.3, 0.4) is 0 Å². The number of amides is 2. The Kier molecular flexibility index (Phi) is 9.52. The Hall–Kier alpha value is -3.37. The van der Waals surface area contributed by atoms with Gasteiger partial charge in [0.2, 0.25) is 11.8 Å². The van der Waals surface area contributed by atoms with E-state index in [1.165, 1.54) is 23.9 Å². The highest BCUT2D eigenvalue weighted by Gasteiger charge is 2.58. The quantitative estimate of drug-likeness (QED) is 0.194. The fourth-order valence-electron chi connectivity index (χ4n) is 6.38. The van der Waals surface area contributed by atoms with Crippen LogP contribution in [0.2, 0.25) is 5.02 Å². The molecule has 236 valence electrons. The van der Waals surface area contributed by atoms with E-state index in [1.54, 1.807) is 11.0 Å². The number of hydrogen-bond donors (Lipinski definition) is 2. The van der Waals surface area contributed by atoms with Gasteiger partial charge in [-0.05, 0) is 68.3 Å². The number of carbonyl (C=O) groups is 2. The maximum absolute atomic E-state index is 14.6. The van der Waals surface area contributed by atoms with E-state index >= 15 is 0 Å². The number of nitrogens with zero attached hydrogens (tertiary/aromatic N) is 2. The molecule has 2 aliphatic rings. The largest absolute Gasteiger partial charge is 0.379 e. The molecule has 0 saturated carbocycles. The van der Waals surface area contributed by atoms with Crippen LogP contribution < -0.4 is 5.32 Å². The van der Waals surface area contributed by atoms with Crippen molar-refractivity contribution in [3.8, 4) is 0 Å². The van der Waals surface area contributed by atoms with Gasteiger partial charge in [-0.25, -0.2) is 4.39 Å². The molecule has 3 heterocycles. The topological polar surface area (TPSA) is 77.7 Å². The molecule has 2 atom stereocenters. The second-order valence-electron chi connectivity index (χ2n) is 12.0. The first-order chi connectivity index (χ1) is 21.7. The van der Waals surface area contributed by atoms with Crippen molar-refractivity contribution < 1.29 is 18.7 Å². The van der Waals surface area contributed by atoms with Gasteiger partial charge < -0.3 is 19.9 Å². The minimum Gasteiger partial charge on any atom is -0.379 e. The van der Waals surface area contributed by atoms with Gasteiger partial charge in [0, 0.05) is 53.7 Å². The predicted molar refractivity (Wildman–Crippen MR) is 177 cm³/mol. The van der Waals surface area contributed by atoms with Crippen molar-refractivity contribution in [2.75, 3.05) is 39.4 Å². The van der Waals surface area contributed by atoms with Crippen molar-refractivity contribution in [3.05, 3.63) is 100.0 Å². The third-order valence-corrected chi connectivity index (χ3v) is 10.5. The number of nitrogens with one attached hydrogen (secondary N) is 2. The smallest absolute Gasteiger partial charge is 0.239 e. The van der Waals surface area contributed by atoms with Gasteiger partial charge in [-0.2, -0.15) is 0 Å². The Morgan fingerprint density at radius 2 is 1.84 bits per heavy atom. The molecule has 45 heavy (non-hydrogen) atoms. The van der Waals surface area contributed by atoms with Crippen LogP contribution in [0.5, 0.6) is 0 Å². The molecule has 1 aromatic heterocycles. The lowest BCUT2D eigenvalue weighted by molar-refractivity contribution is -0.129. The Balaban J connectivity index is 1.40.